The van der Waals surface area contributed by atoms with Gasteiger partial charge in [0.15, 0.2) is 11.5 Å². The summed E-state index contributed by atoms with van der Waals surface area (Å²) in [6, 6.07) is 2.58. The van der Waals surface area contributed by atoms with Crippen molar-refractivity contribution in [3.05, 3.63) is 45.9 Å². The first-order valence-electron chi connectivity index (χ1n) is 13.4. The third kappa shape index (κ3) is 4.32. The number of aliphatic hydroxyl groups is 2. The zero-order valence-electron chi connectivity index (χ0n) is 23.7. The standard InChI is InChI=1S/C29H37N3O8/c1-7-8-11-39-19-10-9-18(31(3)4)16-12-15-13-17-23(32(5)6)25(35)22(28(30)38)27(37)29(17,40-14(2)33)26(36)20(15)24(34)21(16)19/h9-10,15,17,23,35-36H,7-8,11-13H2,1-6H3,(H2,30,38)/t15-,17-,23?,29-/m0/s1. The largest absolute Gasteiger partial charge is 0.510 e. The Morgan fingerprint density at radius 3 is 2.38 bits per heavy atom. The molecule has 0 bridgehead atoms. The molecule has 1 unspecified atom stereocenters. The number of carbonyl (C=O) groups is 4. The monoisotopic (exact) mass is 555 g/mol. The van der Waals surface area contributed by atoms with Crippen LogP contribution in [0.4, 0.5) is 5.69 Å². The van der Waals surface area contributed by atoms with Crippen LogP contribution < -0.4 is 15.4 Å². The summed E-state index contributed by atoms with van der Waals surface area (Å²) in [5.41, 5.74) is 4.05. The first-order chi connectivity index (χ1) is 18.8. The van der Waals surface area contributed by atoms with Gasteiger partial charge >= 0.3 is 5.97 Å². The lowest BCUT2D eigenvalue weighted by Gasteiger charge is -2.51. The molecule has 0 radical (unpaired) electrons. The molecule has 3 aliphatic rings. The van der Waals surface area contributed by atoms with E-state index in [0.717, 1.165) is 31.0 Å². The number of anilines is 1. The van der Waals surface area contributed by atoms with Crippen LogP contribution in [-0.2, 0) is 25.5 Å². The summed E-state index contributed by atoms with van der Waals surface area (Å²) in [5, 5.41) is 22.9. The third-order valence-corrected chi connectivity index (χ3v) is 8.07. The van der Waals surface area contributed by atoms with Gasteiger partial charge in [0.1, 0.15) is 17.1 Å². The molecule has 4 N–H and O–H groups in total. The van der Waals surface area contributed by atoms with Crippen molar-refractivity contribution < 1.29 is 38.9 Å². The molecule has 0 saturated heterocycles. The van der Waals surface area contributed by atoms with E-state index in [2.05, 4.69) is 0 Å². The quantitative estimate of drug-likeness (QED) is 0.247. The van der Waals surface area contributed by atoms with Crippen molar-refractivity contribution in [3.8, 4) is 5.75 Å². The molecular weight excluding hydrogens is 518 g/mol. The molecule has 0 heterocycles. The molecule has 0 aliphatic heterocycles. The van der Waals surface area contributed by atoms with Gasteiger partial charge in [0.05, 0.1) is 18.2 Å². The van der Waals surface area contributed by atoms with E-state index in [4.69, 9.17) is 15.2 Å². The van der Waals surface area contributed by atoms with Gasteiger partial charge in [-0.1, -0.05) is 13.3 Å². The van der Waals surface area contributed by atoms with Crippen LogP contribution in [0, 0.1) is 11.8 Å². The first kappa shape index (κ1) is 29.1. The number of Topliss-reactive ketones (excluding diaryl/α,β-unsaturated/α-hetero) is 2. The zero-order valence-corrected chi connectivity index (χ0v) is 23.7. The molecule has 0 aromatic heterocycles. The van der Waals surface area contributed by atoms with Crippen LogP contribution in [0.25, 0.3) is 0 Å². The van der Waals surface area contributed by atoms with Gasteiger partial charge in [0.25, 0.3) is 5.91 Å². The summed E-state index contributed by atoms with van der Waals surface area (Å²) in [7, 11) is 6.97. The Labute approximate surface area is 233 Å². The maximum Gasteiger partial charge on any atom is 0.304 e. The van der Waals surface area contributed by atoms with Crippen molar-refractivity contribution in [2.75, 3.05) is 39.7 Å². The molecule has 11 nitrogen and oxygen atoms in total. The van der Waals surface area contributed by atoms with Crippen LogP contribution in [0.1, 0.15) is 49.0 Å². The number of ketones is 2. The van der Waals surface area contributed by atoms with E-state index in [1.807, 2.05) is 32.0 Å². The molecule has 216 valence electrons. The number of nitrogens with zero attached hydrogens (tertiary/aromatic N) is 2. The van der Waals surface area contributed by atoms with Gasteiger partial charge in [0, 0.05) is 38.2 Å². The Balaban J connectivity index is 2.01. The van der Waals surface area contributed by atoms with Crippen LogP contribution >= 0.6 is 0 Å². The van der Waals surface area contributed by atoms with Crippen LogP contribution in [0.15, 0.2) is 34.8 Å². The maximum absolute atomic E-state index is 14.3. The lowest BCUT2D eigenvalue weighted by Crippen LogP contribution is -2.65. The van der Waals surface area contributed by atoms with Gasteiger partial charge in [-0.2, -0.15) is 0 Å². The van der Waals surface area contributed by atoms with Gasteiger partial charge in [-0.05, 0) is 57.0 Å². The number of nitrogens with two attached hydrogens (primary N) is 1. The first-order valence-corrected chi connectivity index (χ1v) is 13.4. The lowest BCUT2D eigenvalue weighted by molar-refractivity contribution is -0.177. The molecule has 0 fully saturated rings. The topological polar surface area (TPSA) is 160 Å². The van der Waals surface area contributed by atoms with E-state index in [9.17, 15) is 29.4 Å². The highest BCUT2D eigenvalue weighted by Gasteiger charge is 2.66. The van der Waals surface area contributed by atoms with E-state index in [0.29, 0.717) is 18.8 Å². The fourth-order valence-corrected chi connectivity index (χ4v) is 6.46. The lowest BCUT2D eigenvalue weighted by atomic mass is 9.58. The van der Waals surface area contributed by atoms with Crippen LogP contribution in [0.5, 0.6) is 5.75 Å². The van der Waals surface area contributed by atoms with Crippen LogP contribution in [0.3, 0.4) is 0 Å². The number of rotatable bonds is 8. The predicted molar refractivity (Wildman–Crippen MR) is 146 cm³/mol. The highest BCUT2D eigenvalue weighted by Crippen LogP contribution is 2.54. The van der Waals surface area contributed by atoms with Gasteiger partial charge in [0.2, 0.25) is 11.4 Å². The van der Waals surface area contributed by atoms with Crippen molar-refractivity contribution in [3.63, 3.8) is 0 Å². The fraction of sp³-hybridized carbons (Fsp3) is 0.517. The van der Waals surface area contributed by atoms with Gasteiger partial charge in [-0.15, -0.1) is 0 Å². The van der Waals surface area contributed by atoms with Gasteiger partial charge < -0.3 is 30.3 Å². The number of esters is 1. The second-order valence-corrected chi connectivity index (χ2v) is 11.1. The van der Waals surface area contributed by atoms with Crippen LogP contribution in [-0.4, -0.2) is 85.0 Å². The number of amides is 1. The Morgan fingerprint density at radius 2 is 1.82 bits per heavy atom. The van der Waals surface area contributed by atoms with Crippen molar-refractivity contribution in [1.29, 1.82) is 0 Å². The summed E-state index contributed by atoms with van der Waals surface area (Å²) in [4.78, 5) is 56.4. The number of benzene rings is 1. The van der Waals surface area contributed by atoms with Crippen molar-refractivity contribution in [1.82, 2.24) is 4.90 Å². The van der Waals surface area contributed by atoms with Crippen LogP contribution in [0.2, 0.25) is 0 Å². The Morgan fingerprint density at radius 1 is 1.15 bits per heavy atom. The molecular formula is C29H37N3O8. The van der Waals surface area contributed by atoms with E-state index in [1.165, 1.54) is 0 Å². The number of primary amides is 1. The number of ether oxygens (including phenoxy) is 2. The van der Waals surface area contributed by atoms with Crippen molar-refractivity contribution in [2.45, 2.75) is 51.2 Å². The summed E-state index contributed by atoms with van der Waals surface area (Å²) >= 11 is 0. The maximum atomic E-state index is 14.3. The van der Waals surface area contributed by atoms with Crippen molar-refractivity contribution in [2.24, 2.45) is 17.6 Å². The second kappa shape index (κ2) is 10.6. The highest BCUT2D eigenvalue weighted by atomic mass is 16.6. The van der Waals surface area contributed by atoms with Gasteiger partial charge in [-0.25, -0.2) is 0 Å². The molecule has 40 heavy (non-hydrogen) atoms. The fourth-order valence-electron chi connectivity index (χ4n) is 6.46. The molecule has 4 atom stereocenters. The molecule has 3 aliphatic carbocycles. The average molecular weight is 556 g/mol. The zero-order chi connectivity index (χ0) is 29.7. The molecule has 0 spiro atoms. The average Bonchev–Trinajstić information content (AvgIpc) is 2.84. The second-order valence-electron chi connectivity index (χ2n) is 11.1. The molecule has 1 aromatic rings. The number of unbranched alkanes of at least 4 members (excludes halogenated alkanes) is 1. The summed E-state index contributed by atoms with van der Waals surface area (Å²) in [6.45, 7) is 3.48. The predicted octanol–water partition coefficient (Wildman–Crippen LogP) is 2.23. The molecule has 4 rings (SSSR count). The Kier molecular flexibility index (Phi) is 7.72. The summed E-state index contributed by atoms with van der Waals surface area (Å²) < 4.78 is 11.6. The SMILES string of the molecule is CCCCOc1ccc(N(C)C)c2c1C(=O)C1=C(O)[C@]3(OC(C)=O)C(=O)C(C(N)=O)=C(O)C(N(C)C)[C@@H]3C[C@@H]1C2. The van der Waals surface area contributed by atoms with E-state index < -0.39 is 64.0 Å². The number of fused-ring (bicyclic) bond motifs is 3. The normalized spacial score (nSPS) is 25.8. The molecule has 11 heteroatoms. The minimum atomic E-state index is -2.42. The molecule has 1 aromatic carbocycles. The molecule has 0 saturated carbocycles. The van der Waals surface area contributed by atoms with Crippen molar-refractivity contribution >= 4 is 29.1 Å². The number of allylic oxidation sites excluding steroid dienone is 1. The summed E-state index contributed by atoms with van der Waals surface area (Å²) in [5.74, 6) is -6.37. The van der Waals surface area contributed by atoms with E-state index in [1.54, 1.807) is 25.1 Å². The Bertz CT molecular complexity index is 1340. The minimum Gasteiger partial charge on any atom is -0.510 e. The third-order valence-electron chi connectivity index (χ3n) is 8.07. The number of hydrogen-bond donors (Lipinski definition) is 3. The highest BCUT2D eigenvalue weighted by molar-refractivity contribution is 6.25. The van der Waals surface area contributed by atoms with E-state index in [-0.39, 0.29) is 17.6 Å². The van der Waals surface area contributed by atoms with Gasteiger partial charge in [-0.3, -0.25) is 24.1 Å². The number of hydrogen-bond acceptors (Lipinski definition) is 10. The van der Waals surface area contributed by atoms with E-state index >= 15 is 0 Å². The molecule has 1 amide bonds. The number of carbonyl (C=O) groups excluding carboxylic acids is 4. The summed E-state index contributed by atoms with van der Waals surface area (Å²) in [6.07, 6.45) is 2.09. The Hall–Kier alpha value is -3.86. The number of likely N-dealkylation sites (N-methyl/N-ethyl adjacent to an activating group) is 1. The number of aliphatic hydroxyl groups excluding tert-OH is 2. The smallest absolute Gasteiger partial charge is 0.304 e. The minimum absolute atomic E-state index is 0.0719.